The first kappa shape index (κ1) is 15.2. The molecule has 0 unspecified atom stereocenters. The number of carbonyl (C=O) groups excluding carboxylic acids is 1. The summed E-state index contributed by atoms with van der Waals surface area (Å²) in [6.45, 7) is 6.73. The second-order valence-corrected chi connectivity index (χ2v) is 5.19. The van der Waals surface area contributed by atoms with Crippen LogP contribution in [0.15, 0.2) is 30.6 Å². The summed E-state index contributed by atoms with van der Waals surface area (Å²) in [4.78, 5) is 16.6. The number of nitrogens with zero attached hydrogens (tertiary/aromatic N) is 3. The fourth-order valence-electron chi connectivity index (χ4n) is 2.06. The van der Waals surface area contributed by atoms with Crippen LogP contribution in [-0.4, -0.2) is 27.2 Å². The second-order valence-electron chi connectivity index (χ2n) is 5.19. The molecule has 0 fully saturated rings. The lowest BCUT2D eigenvalue weighted by molar-refractivity contribution is 0.0988. The van der Waals surface area contributed by atoms with Crippen LogP contribution in [0.25, 0.3) is 0 Å². The molecule has 0 atom stereocenters. The van der Waals surface area contributed by atoms with E-state index in [1.165, 1.54) is 6.33 Å². The molecule has 0 saturated carbocycles. The van der Waals surface area contributed by atoms with E-state index >= 15 is 0 Å². The third-order valence-electron chi connectivity index (χ3n) is 3.08. The largest absolute Gasteiger partial charge is 0.494 e. The highest BCUT2D eigenvalue weighted by Gasteiger charge is 2.14. The monoisotopic (exact) mass is 287 g/mol. The van der Waals surface area contributed by atoms with Gasteiger partial charge in [-0.2, -0.15) is 5.10 Å². The van der Waals surface area contributed by atoms with Crippen LogP contribution in [0, 0.1) is 0 Å². The fourth-order valence-corrected chi connectivity index (χ4v) is 2.06. The van der Waals surface area contributed by atoms with Gasteiger partial charge in [0.05, 0.1) is 13.0 Å². The van der Waals surface area contributed by atoms with Crippen molar-refractivity contribution in [2.24, 2.45) is 0 Å². The molecular weight excluding hydrogens is 266 g/mol. The van der Waals surface area contributed by atoms with Gasteiger partial charge in [0.25, 0.3) is 0 Å². The Morgan fingerprint density at radius 3 is 2.90 bits per heavy atom. The lowest BCUT2D eigenvalue weighted by atomic mass is 10.1. The van der Waals surface area contributed by atoms with Gasteiger partial charge in [-0.05, 0) is 32.4 Å². The minimum Gasteiger partial charge on any atom is -0.494 e. The van der Waals surface area contributed by atoms with E-state index in [9.17, 15) is 4.79 Å². The van der Waals surface area contributed by atoms with Crippen molar-refractivity contribution in [2.75, 3.05) is 6.61 Å². The topological polar surface area (TPSA) is 57.0 Å². The van der Waals surface area contributed by atoms with Gasteiger partial charge in [-0.3, -0.25) is 4.79 Å². The zero-order valence-electron chi connectivity index (χ0n) is 12.7. The van der Waals surface area contributed by atoms with Gasteiger partial charge in [0, 0.05) is 11.6 Å². The summed E-state index contributed by atoms with van der Waals surface area (Å²) in [5.41, 5.74) is 0.641. The van der Waals surface area contributed by atoms with Gasteiger partial charge in [0.2, 0.25) is 0 Å². The molecule has 0 N–H and O–H groups in total. The minimum atomic E-state index is 0.0202. The van der Waals surface area contributed by atoms with Gasteiger partial charge >= 0.3 is 0 Å². The predicted octanol–water partition coefficient (Wildman–Crippen LogP) is 3.07. The Labute approximate surface area is 125 Å². The highest BCUT2D eigenvalue weighted by Crippen LogP contribution is 2.16. The Hall–Kier alpha value is -2.17. The highest BCUT2D eigenvalue weighted by atomic mass is 16.5. The molecule has 5 nitrogen and oxygen atoms in total. The number of Topliss-reactive ketones (excluding diaryl/α,β-unsaturated/α-hetero) is 1. The van der Waals surface area contributed by atoms with E-state index in [1.807, 2.05) is 32.9 Å². The fraction of sp³-hybridized carbons (Fsp3) is 0.438. The van der Waals surface area contributed by atoms with Crippen LogP contribution in [0.1, 0.15) is 49.4 Å². The summed E-state index contributed by atoms with van der Waals surface area (Å²) in [5, 5.41) is 4.15. The molecule has 0 bridgehead atoms. The SMILES string of the molecule is CCCOc1cccc(C(=O)Cc2ncnn2C(C)C)c1. The molecule has 0 amide bonds. The summed E-state index contributed by atoms with van der Waals surface area (Å²) in [7, 11) is 0. The minimum absolute atomic E-state index is 0.0202. The number of carbonyl (C=O) groups is 1. The van der Waals surface area contributed by atoms with Crippen LogP contribution in [0.2, 0.25) is 0 Å². The van der Waals surface area contributed by atoms with E-state index in [0.29, 0.717) is 18.0 Å². The van der Waals surface area contributed by atoms with Crippen molar-refractivity contribution in [1.29, 1.82) is 0 Å². The summed E-state index contributed by atoms with van der Waals surface area (Å²) < 4.78 is 7.33. The molecule has 0 aliphatic carbocycles. The van der Waals surface area contributed by atoms with Crippen LogP contribution in [0.4, 0.5) is 0 Å². The quantitative estimate of drug-likeness (QED) is 0.734. The van der Waals surface area contributed by atoms with Gasteiger partial charge in [-0.1, -0.05) is 19.1 Å². The molecule has 1 heterocycles. The average molecular weight is 287 g/mol. The number of rotatable bonds is 7. The number of ketones is 1. The van der Waals surface area contributed by atoms with E-state index in [1.54, 1.807) is 16.8 Å². The lowest BCUT2D eigenvalue weighted by Crippen LogP contribution is -2.13. The maximum Gasteiger partial charge on any atom is 0.170 e. The van der Waals surface area contributed by atoms with Crippen molar-refractivity contribution in [3.8, 4) is 5.75 Å². The molecule has 2 rings (SSSR count). The molecule has 21 heavy (non-hydrogen) atoms. The molecule has 112 valence electrons. The highest BCUT2D eigenvalue weighted by molar-refractivity contribution is 5.97. The van der Waals surface area contributed by atoms with E-state index in [4.69, 9.17) is 4.74 Å². The second kappa shape index (κ2) is 7.02. The molecule has 0 saturated heterocycles. The lowest BCUT2D eigenvalue weighted by Gasteiger charge is -2.09. The molecule has 1 aromatic carbocycles. The van der Waals surface area contributed by atoms with Crippen LogP contribution >= 0.6 is 0 Å². The average Bonchev–Trinajstić information content (AvgIpc) is 2.93. The maximum atomic E-state index is 12.4. The van der Waals surface area contributed by atoms with Gasteiger partial charge in [0.1, 0.15) is 17.9 Å². The van der Waals surface area contributed by atoms with Crippen molar-refractivity contribution < 1.29 is 9.53 Å². The maximum absolute atomic E-state index is 12.4. The van der Waals surface area contributed by atoms with Gasteiger partial charge in [-0.25, -0.2) is 9.67 Å². The van der Waals surface area contributed by atoms with Crippen LogP contribution < -0.4 is 4.74 Å². The van der Waals surface area contributed by atoms with E-state index in [-0.39, 0.29) is 18.2 Å². The first-order chi connectivity index (χ1) is 10.1. The number of ether oxygens (including phenoxy) is 1. The van der Waals surface area contributed by atoms with Gasteiger partial charge in [-0.15, -0.1) is 0 Å². The molecule has 0 radical (unpaired) electrons. The number of hydrogen-bond donors (Lipinski definition) is 0. The Morgan fingerprint density at radius 1 is 1.38 bits per heavy atom. The van der Waals surface area contributed by atoms with E-state index in [2.05, 4.69) is 10.1 Å². The van der Waals surface area contributed by atoms with Crippen molar-refractivity contribution >= 4 is 5.78 Å². The number of benzene rings is 1. The molecular formula is C16H21N3O2. The zero-order valence-corrected chi connectivity index (χ0v) is 12.7. The third-order valence-corrected chi connectivity index (χ3v) is 3.08. The summed E-state index contributed by atoms with van der Waals surface area (Å²) in [6.07, 6.45) is 2.68. The standard InChI is InChI=1S/C16H21N3O2/c1-4-8-21-14-7-5-6-13(9-14)15(20)10-16-17-11-18-19(16)12(2)3/h5-7,9,11-12H,4,8,10H2,1-3H3. The van der Waals surface area contributed by atoms with Crippen LogP contribution in [0.3, 0.4) is 0 Å². The van der Waals surface area contributed by atoms with Gasteiger partial charge < -0.3 is 4.74 Å². The smallest absolute Gasteiger partial charge is 0.170 e. The zero-order chi connectivity index (χ0) is 15.2. The van der Waals surface area contributed by atoms with Crippen LogP contribution in [-0.2, 0) is 6.42 Å². The third kappa shape index (κ3) is 3.90. The summed E-state index contributed by atoms with van der Waals surface area (Å²) in [5.74, 6) is 1.44. The molecule has 5 heteroatoms. The normalized spacial score (nSPS) is 10.9. The molecule has 2 aromatic rings. The summed E-state index contributed by atoms with van der Waals surface area (Å²) in [6, 6.07) is 7.48. The summed E-state index contributed by atoms with van der Waals surface area (Å²) >= 11 is 0. The molecule has 0 aliphatic heterocycles. The van der Waals surface area contributed by atoms with E-state index in [0.717, 1.165) is 12.2 Å². The molecule has 1 aromatic heterocycles. The van der Waals surface area contributed by atoms with Crippen LogP contribution in [0.5, 0.6) is 5.75 Å². The first-order valence-corrected chi connectivity index (χ1v) is 7.26. The molecule has 0 aliphatic rings. The number of aromatic nitrogens is 3. The van der Waals surface area contributed by atoms with E-state index < -0.39 is 0 Å². The Balaban J connectivity index is 2.11. The van der Waals surface area contributed by atoms with Gasteiger partial charge in [0.15, 0.2) is 5.78 Å². The Kier molecular flexibility index (Phi) is 5.09. The van der Waals surface area contributed by atoms with Crippen molar-refractivity contribution in [3.05, 3.63) is 42.0 Å². The first-order valence-electron chi connectivity index (χ1n) is 7.26. The predicted molar refractivity (Wildman–Crippen MR) is 80.7 cm³/mol. The van der Waals surface area contributed by atoms with Crippen molar-refractivity contribution in [3.63, 3.8) is 0 Å². The Morgan fingerprint density at radius 2 is 2.19 bits per heavy atom. The Bertz CT molecular complexity index is 605. The van der Waals surface area contributed by atoms with Crippen molar-refractivity contribution in [1.82, 2.24) is 14.8 Å². The molecule has 0 spiro atoms. The number of hydrogen-bond acceptors (Lipinski definition) is 4. The van der Waals surface area contributed by atoms with Crippen molar-refractivity contribution in [2.45, 2.75) is 39.7 Å².